The maximum Gasteiger partial charge on any atom is 0.319 e. The molecule has 1 aromatic rings. The van der Waals surface area contributed by atoms with Gasteiger partial charge in [0, 0.05) is 12.1 Å². The Morgan fingerprint density at radius 1 is 1.38 bits per heavy atom. The van der Waals surface area contributed by atoms with Gasteiger partial charge in [0.2, 0.25) is 0 Å². The predicted molar refractivity (Wildman–Crippen MR) is 81.0 cm³/mol. The fourth-order valence-corrected chi connectivity index (χ4v) is 1.86. The second-order valence-electron chi connectivity index (χ2n) is 4.89. The van der Waals surface area contributed by atoms with Crippen molar-refractivity contribution in [3.05, 3.63) is 23.2 Å². The van der Waals surface area contributed by atoms with Gasteiger partial charge in [-0.25, -0.2) is 4.79 Å². The van der Waals surface area contributed by atoms with Crippen LogP contribution in [0.25, 0.3) is 0 Å². The van der Waals surface area contributed by atoms with Crippen molar-refractivity contribution >= 4 is 29.3 Å². The lowest BCUT2D eigenvalue weighted by molar-refractivity contribution is -0.137. The van der Waals surface area contributed by atoms with Crippen molar-refractivity contribution in [2.24, 2.45) is 5.92 Å². The SMILES string of the molecule is COc1ccc(Cl)c(NC(=O)NC(CC(=O)O)C(C)C)c1. The molecule has 0 spiro atoms. The van der Waals surface area contributed by atoms with Crippen molar-refractivity contribution in [1.29, 1.82) is 0 Å². The van der Waals surface area contributed by atoms with E-state index < -0.39 is 18.0 Å². The number of methoxy groups -OCH3 is 1. The first-order chi connectivity index (χ1) is 9.83. The average molecular weight is 315 g/mol. The summed E-state index contributed by atoms with van der Waals surface area (Å²) in [5.41, 5.74) is 0.395. The van der Waals surface area contributed by atoms with E-state index in [1.807, 2.05) is 13.8 Å². The molecule has 3 N–H and O–H groups in total. The quantitative estimate of drug-likeness (QED) is 0.753. The van der Waals surface area contributed by atoms with E-state index in [2.05, 4.69) is 10.6 Å². The van der Waals surface area contributed by atoms with Crippen LogP contribution in [0.4, 0.5) is 10.5 Å². The highest BCUT2D eigenvalue weighted by molar-refractivity contribution is 6.33. The van der Waals surface area contributed by atoms with Crippen molar-refractivity contribution in [1.82, 2.24) is 5.32 Å². The van der Waals surface area contributed by atoms with E-state index in [1.54, 1.807) is 18.2 Å². The molecule has 6 nitrogen and oxygen atoms in total. The van der Waals surface area contributed by atoms with Crippen molar-refractivity contribution in [2.75, 3.05) is 12.4 Å². The molecule has 1 rings (SSSR count). The number of halogens is 1. The zero-order valence-corrected chi connectivity index (χ0v) is 12.9. The van der Waals surface area contributed by atoms with Gasteiger partial charge in [-0.05, 0) is 18.1 Å². The molecular weight excluding hydrogens is 296 g/mol. The van der Waals surface area contributed by atoms with E-state index in [4.69, 9.17) is 21.4 Å². The largest absolute Gasteiger partial charge is 0.497 e. The summed E-state index contributed by atoms with van der Waals surface area (Å²) in [7, 11) is 1.51. The number of carboxylic acid groups (broad SMARTS) is 1. The first kappa shape index (κ1) is 17.1. The van der Waals surface area contributed by atoms with E-state index in [1.165, 1.54) is 7.11 Å². The van der Waals surface area contributed by atoms with Crippen molar-refractivity contribution in [2.45, 2.75) is 26.3 Å². The number of carbonyl (C=O) groups excluding carboxylic acids is 1. The Morgan fingerprint density at radius 2 is 2.05 bits per heavy atom. The number of rotatable bonds is 6. The molecule has 0 heterocycles. The zero-order chi connectivity index (χ0) is 16.0. The molecule has 0 aromatic heterocycles. The van der Waals surface area contributed by atoms with Crippen LogP contribution in [0.3, 0.4) is 0 Å². The predicted octanol–water partition coefficient (Wildman–Crippen LogP) is 2.97. The van der Waals surface area contributed by atoms with Gasteiger partial charge >= 0.3 is 12.0 Å². The van der Waals surface area contributed by atoms with Crippen LogP contribution in [0.1, 0.15) is 20.3 Å². The first-order valence-corrected chi connectivity index (χ1v) is 6.84. The fraction of sp³-hybridized carbons (Fsp3) is 0.429. The van der Waals surface area contributed by atoms with E-state index in [0.29, 0.717) is 16.5 Å². The van der Waals surface area contributed by atoms with Crippen molar-refractivity contribution in [3.63, 3.8) is 0 Å². The lowest BCUT2D eigenvalue weighted by Gasteiger charge is -2.21. The second kappa shape index (κ2) is 7.73. The molecule has 0 aliphatic carbocycles. The molecule has 21 heavy (non-hydrogen) atoms. The molecule has 7 heteroatoms. The number of amides is 2. The van der Waals surface area contributed by atoms with Gasteiger partial charge < -0.3 is 20.5 Å². The number of anilines is 1. The Morgan fingerprint density at radius 3 is 2.57 bits per heavy atom. The normalized spacial score (nSPS) is 11.9. The lowest BCUT2D eigenvalue weighted by atomic mass is 10.0. The molecule has 2 amide bonds. The van der Waals surface area contributed by atoms with Gasteiger partial charge in [-0.2, -0.15) is 0 Å². The van der Waals surface area contributed by atoms with Gasteiger partial charge in [0.15, 0.2) is 0 Å². The molecule has 0 radical (unpaired) electrons. The molecular formula is C14H19ClN2O4. The highest BCUT2D eigenvalue weighted by atomic mass is 35.5. The van der Waals surface area contributed by atoms with Crippen molar-refractivity contribution < 1.29 is 19.4 Å². The number of carboxylic acids is 1. The second-order valence-corrected chi connectivity index (χ2v) is 5.30. The Kier molecular flexibility index (Phi) is 6.30. The molecule has 0 aliphatic rings. The summed E-state index contributed by atoms with van der Waals surface area (Å²) in [6.07, 6.45) is -0.142. The van der Waals surface area contributed by atoms with Gasteiger partial charge in [0.05, 0.1) is 24.2 Å². The number of ether oxygens (including phenoxy) is 1. The summed E-state index contributed by atoms with van der Waals surface area (Å²) in [6, 6.07) is 3.89. The molecule has 1 aromatic carbocycles. The molecule has 1 atom stereocenters. The Bertz CT molecular complexity index is 520. The van der Waals surface area contributed by atoms with E-state index in [9.17, 15) is 9.59 Å². The molecule has 0 aliphatic heterocycles. The van der Waals surface area contributed by atoms with Crippen LogP contribution in [0.5, 0.6) is 5.75 Å². The van der Waals surface area contributed by atoms with E-state index >= 15 is 0 Å². The summed E-state index contributed by atoms with van der Waals surface area (Å²) >= 11 is 5.99. The van der Waals surface area contributed by atoms with Crippen LogP contribution in [0.15, 0.2) is 18.2 Å². The monoisotopic (exact) mass is 314 g/mol. The minimum absolute atomic E-state index is 0.00682. The number of urea groups is 1. The van der Waals surface area contributed by atoms with Gasteiger partial charge in [-0.1, -0.05) is 25.4 Å². The summed E-state index contributed by atoms with van der Waals surface area (Å²) in [4.78, 5) is 22.7. The number of hydrogen-bond donors (Lipinski definition) is 3. The molecule has 0 bridgehead atoms. The Labute approximate surface area is 128 Å². The van der Waals surface area contributed by atoms with Gasteiger partial charge in [0.25, 0.3) is 0 Å². The third-order valence-corrected chi connectivity index (χ3v) is 3.27. The van der Waals surface area contributed by atoms with Crippen LogP contribution in [0.2, 0.25) is 5.02 Å². The lowest BCUT2D eigenvalue weighted by Crippen LogP contribution is -2.42. The van der Waals surface area contributed by atoms with Gasteiger partial charge in [0.1, 0.15) is 5.75 Å². The maximum absolute atomic E-state index is 11.9. The highest BCUT2D eigenvalue weighted by Gasteiger charge is 2.19. The Balaban J connectivity index is 2.74. The molecule has 0 fully saturated rings. The minimum Gasteiger partial charge on any atom is -0.497 e. The standard InChI is InChI=1S/C14H19ClN2O4/c1-8(2)11(7-13(18)19)16-14(20)17-12-6-9(21-3)4-5-10(12)15/h4-6,8,11H,7H2,1-3H3,(H,18,19)(H2,16,17,20). The highest BCUT2D eigenvalue weighted by Crippen LogP contribution is 2.26. The van der Waals surface area contributed by atoms with Crippen LogP contribution in [-0.4, -0.2) is 30.3 Å². The summed E-state index contributed by atoms with van der Waals surface area (Å²) < 4.78 is 5.06. The van der Waals surface area contributed by atoms with Crippen LogP contribution >= 0.6 is 11.6 Å². The van der Waals surface area contributed by atoms with Crippen LogP contribution in [0, 0.1) is 5.92 Å². The van der Waals surface area contributed by atoms with Gasteiger partial charge in [-0.3, -0.25) is 4.79 Å². The number of hydrogen-bond acceptors (Lipinski definition) is 3. The van der Waals surface area contributed by atoms with Crippen LogP contribution < -0.4 is 15.4 Å². The zero-order valence-electron chi connectivity index (χ0n) is 12.1. The third-order valence-electron chi connectivity index (χ3n) is 2.94. The maximum atomic E-state index is 11.9. The Hall–Kier alpha value is -1.95. The smallest absolute Gasteiger partial charge is 0.319 e. The van der Waals surface area contributed by atoms with Crippen LogP contribution in [-0.2, 0) is 4.79 Å². The third kappa shape index (κ3) is 5.51. The number of benzene rings is 1. The molecule has 1 unspecified atom stereocenters. The van der Waals surface area contributed by atoms with Gasteiger partial charge in [-0.15, -0.1) is 0 Å². The minimum atomic E-state index is -0.964. The first-order valence-electron chi connectivity index (χ1n) is 6.46. The molecule has 0 saturated carbocycles. The fourth-order valence-electron chi connectivity index (χ4n) is 1.70. The number of carbonyl (C=O) groups is 2. The molecule has 116 valence electrons. The topological polar surface area (TPSA) is 87.7 Å². The van der Waals surface area contributed by atoms with E-state index in [-0.39, 0.29) is 12.3 Å². The summed E-state index contributed by atoms with van der Waals surface area (Å²) in [5, 5.41) is 14.4. The van der Waals surface area contributed by atoms with E-state index in [0.717, 1.165) is 0 Å². The summed E-state index contributed by atoms with van der Waals surface area (Å²) in [6.45, 7) is 3.68. The summed E-state index contributed by atoms with van der Waals surface area (Å²) in [5.74, 6) is -0.415. The average Bonchev–Trinajstić information content (AvgIpc) is 2.39. The number of nitrogens with one attached hydrogen (secondary N) is 2. The molecule has 0 saturated heterocycles. The van der Waals surface area contributed by atoms with Crippen molar-refractivity contribution in [3.8, 4) is 5.75 Å². The number of aliphatic carboxylic acids is 1.